The maximum atomic E-state index is 12.0. The number of esters is 1. The normalized spacial score (nSPS) is 10.6. The summed E-state index contributed by atoms with van der Waals surface area (Å²) in [6.07, 6.45) is -5.17. The van der Waals surface area contributed by atoms with E-state index in [1.165, 1.54) is 5.38 Å². The van der Waals surface area contributed by atoms with E-state index in [1.54, 1.807) is 6.92 Å². The van der Waals surface area contributed by atoms with Gasteiger partial charge in [-0.25, -0.2) is 32.3 Å². The summed E-state index contributed by atoms with van der Waals surface area (Å²) in [5.41, 5.74) is -0.637. The van der Waals surface area contributed by atoms with Gasteiger partial charge in [-0.2, -0.15) is 0 Å². The molecule has 128 valence electrons. The van der Waals surface area contributed by atoms with E-state index in [1.807, 2.05) is 0 Å². The number of rotatable bonds is 5. The molecule has 2 rings (SSSR count). The van der Waals surface area contributed by atoms with Gasteiger partial charge in [0.2, 0.25) is 5.01 Å². The minimum Gasteiger partial charge on any atom is -0.461 e. The molecule has 0 fully saturated rings. The van der Waals surface area contributed by atoms with Crippen molar-refractivity contribution in [3.05, 3.63) is 32.2 Å². The molecule has 1 N–H and O–H groups in total. The molecule has 11 heteroatoms. The monoisotopic (exact) mass is 372 g/mol. The lowest BCUT2D eigenvalue weighted by Gasteiger charge is -1.95. The highest BCUT2D eigenvalue weighted by atomic mass is 32.1. The molecule has 0 amide bonds. The fourth-order valence-corrected chi connectivity index (χ4v) is 2.52. The van der Waals surface area contributed by atoms with E-state index in [0.717, 1.165) is 28.1 Å². The summed E-state index contributed by atoms with van der Waals surface area (Å²) in [5, 5.41) is 11.1. The zero-order valence-corrected chi connectivity index (χ0v) is 13.3. The standard InChI is InChI=1S/C7H7F2NO2S.C5H5F2NOS/c1-2-12-7(11)6-10-4(3-13-6)5(8)9;6-5(7)3-2-10-4(1-9)8-3/h3,5H,2H2,1H3;2,5,9H,1H2. The van der Waals surface area contributed by atoms with Crippen LogP contribution in [-0.2, 0) is 11.3 Å². The van der Waals surface area contributed by atoms with E-state index in [2.05, 4.69) is 14.7 Å². The van der Waals surface area contributed by atoms with Crippen LogP contribution in [0, 0.1) is 0 Å². The Morgan fingerprint density at radius 1 is 1.17 bits per heavy atom. The van der Waals surface area contributed by atoms with Crippen molar-refractivity contribution in [2.45, 2.75) is 26.4 Å². The molecule has 0 aliphatic carbocycles. The van der Waals surface area contributed by atoms with Gasteiger partial charge in [-0.1, -0.05) is 0 Å². The SMILES string of the molecule is CCOC(=O)c1nc(C(F)F)cs1.OCc1nc(C(F)F)cs1. The van der Waals surface area contributed by atoms with Crippen LogP contribution in [0.1, 0.15) is 46.0 Å². The molecule has 0 bridgehead atoms. The van der Waals surface area contributed by atoms with Gasteiger partial charge in [-0.15, -0.1) is 22.7 Å². The van der Waals surface area contributed by atoms with E-state index < -0.39 is 18.8 Å². The van der Waals surface area contributed by atoms with Crippen molar-refractivity contribution in [1.29, 1.82) is 0 Å². The number of thiazole rings is 2. The van der Waals surface area contributed by atoms with Crippen LogP contribution < -0.4 is 0 Å². The molecule has 2 aromatic heterocycles. The molecular formula is C12H12F4N2O3S2. The largest absolute Gasteiger partial charge is 0.461 e. The van der Waals surface area contributed by atoms with Gasteiger partial charge >= 0.3 is 5.97 Å². The molecule has 0 aromatic carbocycles. The molecule has 0 atom stereocenters. The number of halogens is 4. The molecule has 0 aliphatic rings. The quantitative estimate of drug-likeness (QED) is 0.638. The second kappa shape index (κ2) is 9.53. The summed E-state index contributed by atoms with van der Waals surface area (Å²) in [7, 11) is 0. The highest BCUT2D eigenvalue weighted by molar-refractivity contribution is 7.11. The zero-order valence-electron chi connectivity index (χ0n) is 11.7. The number of nitrogens with zero attached hydrogens (tertiary/aromatic N) is 2. The first-order valence-electron chi connectivity index (χ1n) is 6.13. The molecule has 2 aromatic rings. The van der Waals surface area contributed by atoms with E-state index in [0.29, 0.717) is 5.01 Å². The van der Waals surface area contributed by atoms with Crippen LogP contribution >= 0.6 is 22.7 Å². The summed E-state index contributed by atoms with van der Waals surface area (Å²) in [5.74, 6) is -0.653. The first-order chi connectivity index (χ1) is 10.9. The third-order valence-electron chi connectivity index (χ3n) is 2.12. The molecule has 0 saturated heterocycles. The van der Waals surface area contributed by atoms with Crippen LogP contribution in [0.25, 0.3) is 0 Å². The van der Waals surface area contributed by atoms with E-state index in [-0.39, 0.29) is 29.6 Å². The summed E-state index contributed by atoms with van der Waals surface area (Å²) >= 11 is 1.90. The van der Waals surface area contributed by atoms with Crippen molar-refractivity contribution in [1.82, 2.24) is 9.97 Å². The Hall–Kier alpha value is -1.59. The highest BCUT2D eigenvalue weighted by Gasteiger charge is 2.16. The molecule has 5 nitrogen and oxygen atoms in total. The number of aliphatic hydroxyl groups excluding tert-OH is 1. The summed E-state index contributed by atoms with van der Waals surface area (Å²) in [4.78, 5) is 17.8. The van der Waals surface area contributed by atoms with Gasteiger partial charge in [0.1, 0.15) is 16.4 Å². The van der Waals surface area contributed by atoms with E-state index in [9.17, 15) is 22.4 Å². The molecular weight excluding hydrogens is 360 g/mol. The van der Waals surface area contributed by atoms with Gasteiger partial charge in [0.15, 0.2) is 0 Å². The molecule has 23 heavy (non-hydrogen) atoms. The van der Waals surface area contributed by atoms with Crippen molar-refractivity contribution in [3.8, 4) is 0 Å². The molecule has 0 spiro atoms. The number of hydrogen-bond acceptors (Lipinski definition) is 7. The first-order valence-corrected chi connectivity index (χ1v) is 7.88. The van der Waals surface area contributed by atoms with Gasteiger partial charge in [-0.05, 0) is 6.92 Å². The second-order valence-corrected chi connectivity index (χ2v) is 5.52. The van der Waals surface area contributed by atoms with Gasteiger partial charge in [0.05, 0.1) is 13.2 Å². The number of aromatic nitrogens is 2. The predicted molar refractivity (Wildman–Crippen MR) is 76.0 cm³/mol. The zero-order chi connectivity index (χ0) is 17.4. The van der Waals surface area contributed by atoms with E-state index in [4.69, 9.17) is 5.11 Å². The number of ether oxygens (including phenoxy) is 1. The summed E-state index contributed by atoms with van der Waals surface area (Å²) in [6, 6.07) is 0. The van der Waals surface area contributed by atoms with Crippen molar-refractivity contribution in [3.63, 3.8) is 0 Å². The fraction of sp³-hybridized carbons (Fsp3) is 0.417. The average Bonchev–Trinajstić information content (AvgIpc) is 3.17. The van der Waals surface area contributed by atoms with Crippen LogP contribution in [-0.4, -0.2) is 27.7 Å². The van der Waals surface area contributed by atoms with Crippen LogP contribution in [0.5, 0.6) is 0 Å². The third kappa shape index (κ3) is 6.20. The van der Waals surface area contributed by atoms with Gasteiger partial charge in [0.25, 0.3) is 12.9 Å². The van der Waals surface area contributed by atoms with Crippen LogP contribution in [0.2, 0.25) is 0 Å². The Morgan fingerprint density at radius 2 is 1.74 bits per heavy atom. The van der Waals surface area contributed by atoms with Gasteiger partial charge in [0, 0.05) is 10.8 Å². The lowest BCUT2D eigenvalue weighted by Crippen LogP contribution is -2.04. The number of carbonyl (C=O) groups is 1. The minimum atomic E-state index is -2.64. The first kappa shape index (κ1) is 19.5. The summed E-state index contributed by atoms with van der Waals surface area (Å²) in [6.45, 7) is 1.58. The Labute approximate surface area is 136 Å². The maximum Gasteiger partial charge on any atom is 0.367 e. The van der Waals surface area contributed by atoms with Crippen molar-refractivity contribution in [2.75, 3.05) is 6.61 Å². The Balaban J connectivity index is 0.000000238. The van der Waals surface area contributed by atoms with Crippen LogP contribution in [0.3, 0.4) is 0 Å². The lowest BCUT2D eigenvalue weighted by molar-refractivity contribution is 0.0525. The topological polar surface area (TPSA) is 72.3 Å². The summed E-state index contributed by atoms with van der Waals surface area (Å²) < 4.78 is 52.2. The Kier molecular flexibility index (Phi) is 8.06. The maximum absolute atomic E-state index is 12.0. The predicted octanol–water partition coefficient (Wildman–Crippen LogP) is 3.83. The van der Waals surface area contributed by atoms with Crippen molar-refractivity contribution >= 4 is 28.6 Å². The Bertz CT molecular complexity index is 619. The van der Waals surface area contributed by atoms with Crippen molar-refractivity contribution in [2.24, 2.45) is 0 Å². The lowest BCUT2D eigenvalue weighted by atomic mass is 10.5. The van der Waals surface area contributed by atoms with Crippen LogP contribution in [0.4, 0.5) is 17.6 Å². The number of hydrogen-bond donors (Lipinski definition) is 1. The Morgan fingerprint density at radius 3 is 2.13 bits per heavy atom. The molecule has 0 aliphatic heterocycles. The van der Waals surface area contributed by atoms with Gasteiger partial charge in [-0.3, -0.25) is 0 Å². The molecule has 0 radical (unpaired) electrons. The molecule has 0 unspecified atom stereocenters. The fourth-order valence-electron chi connectivity index (χ4n) is 1.17. The highest BCUT2D eigenvalue weighted by Crippen LogP contribution is 2.21. The third-order valence-corrected chi connectivity index (χ3v) is 3.82. The minimum absolute atomic E-state index is 0.0304. The average molecular weight is 372 g/mol. The van der Waals surface area contributed by atoms with Crippen LogP contribution in [0.15, 0.2) is 10.8 Å². The number of alkyl halides is 4. The second-order valence-electron chi connectivity index (χ2n) is 3.72. The molecule has 2 heterocycles. The van der Waals surface area contributed by atoms with Crippen molar-refractivity contribution < 1.29 is 32.2 Å². The number of aliphatic hydroxyl groups is 1. The van der Waals surface area contributed by atoms with E-state index >= 15 is 0 Å². The number of carbonyl (C=O) groups excluding carboxylic acids is 1. The molecule has 0 saturated carbocycles. The smallest absolute Gasteiger partial charge is 0.367 e. The van der Waals surface area contributed by atoms with Gasteiger partial charge < -0.3 is 9.84 Å².